The van der Waals surface area contributed by atoms with E-state index in [4.69, 9.17) is 4.74 Å². The summed E-state index contributed by atoms with van der Waals surface area (Å²) in [6, 6.07) is 9.84. The lowest BCUT2D eigenvalue weighted by atomic mass is 10.2. The number of hydrogen-bond donors (Lipinski definition) is 1. The number of amides is 1. The van der Waals surface area contributed by atoms with Gasteiger partial charge in [0.25, 0.3) is 0 Å². The summed E-state index contributed by atoms with van der Waals surface area (Å²) in [5.74, 6) is 0.925. The number of nitrogens with one attached hydrogen (secondary N) is 1. The van der Waals surface area contributed by atoms with E-state index in [0.29, 0.717) is 19.6 Å². The standard InChI is InChI=1S/C17H22N2O2/c1-2-3-10-16(20)18-12-6-13-21-15-9-4-7-14-8-5-11-19-17(14)15/h4-5,7-9,11H,2-3,6,10,12-13H2,1H3,(H,18,20). The van der Waals surface area contributed by atoms with Crippen LogP contribution in [0.4, 0.5) is 0 Å². The number of rotatable bonds is 8. The Hall–Kier alpha value is -2.10. The summed E-state index contributed by atoms with van der Waals surface area (Å²) in [6.07, 6.45) is 5.17. The summed E-state index contributed by atoms with van der Waals surface area (Å²) < 4.78 is 5.77. The highest BCUT2D eigenvalue weighted by Crippen LogP contribution is 2.22. The van der Waals surface area contributed by atoms with Crippen LogP contribution in [0.25, 0.3) is 10.9 Å². The summed E-state index contributed by atoms with van der Waals surface area (Å²) in [6.45, 7) is 3.31. The lowest BCUT2D eigenvalue weighted by molar-refractivity contribution is -0.121. The van der Waals surface area contributed by atoms with Gasteiger partial charge in [0.05, 0.1) is 6.61 Å². The lowest BCUT2D eigenvalue weighted by Crippen LogP contribution is -2.25. The molecule has 0 bridgehead atoms. The van der Waals surface area contributed by atoms with Gasteiger partial charge in [-0.25, -0.2) is 0 Å². The first-order chi connectivity index (χ1) is 10.3. The normalized spacial score (nSPS) is 10.5. The molecule has 21 heavy (non-hydrogen) atoms. The third kappa shape index (κ3) is 4.74. The lowest BCUT2D eigenvalue weighted by Gasteiger charge is -2.09. The molecule has 0 aliphatic heterocycles. The smallest absolute Gasteiger partial charge is 0.219 e. The van der Waals surface area contributed by atoms with E-state index in [1.54, 1.807) is 6.20 Å². The maximum Gasteiger partial charge on any atom is 0.219 e. The van der Waals surface area contributed by atoms with E-state index >= 15 is 0 Å². The summed E-state index contributed by atoms with van der Waals surface area (Å²) in [5, 5.41) is 3.98. The van der Waals surface area contributed by atoms with Crippen LogP contribution in [0.5, 0.6) is 5.75 Å². The number of fused-ring (bicyclic) bond motifs is 1. The van der Waals surface area contributed by atoms with E-state index in [2.05, 4.69) is 17.2 Å². The zero-order valence-corrected chi connectivity index (χ0v) is 12.5. The van der Waals surface area contributed by atoms with Crippen molar-refractivity contribution in [2.75, 3.05) is 13.2 Å². The molecule has 1 aromatic heterocycles. The van der Waals surface area contributed by atoms with Gasteiger partial charge in [-0.1, -0.05) is 31.5 Å². The van der Waals surface area contributed by atoms with Crippen molar-refractivity contribution in [3.63, 3.8) is 0 Å². The number of ether oxygens (including phenoxy) is 1. The van der Waals surface area contributed by atoms with Crippen molar-refractivity contribution in [1.29, 1.82) is 0 Å². The van der Waals surface area contributed by atoms with Crippen molar-refractivity contribution in [2.24, 2.45) is 0 Å². The number of unbranched alkanes of at least 4 members (excludes halogenated alkanes) is 1. The van der Waals surface area contributed by atoms with Gasteiger partial charge in [-0.2, -0.15) is 0 Å². The zero-order chi connectivity index (χ0) is 14.9. The molecule has 1 N–H and O–H groups in total. The van der Waals surface area contributed by atoms with E-state index in [0.717, 1.165) is 35.9 Å². The zero-order valence-electron chi connectivity index (χ0n) is 12.5. The van der Waals surface area contributed by atoms with Gasteiger partial charge >= 0.3 is 0 Å². The fourth-order valence-electron chi connectivity index (χ4n) is 2.10. The first-order valence-electron chi connectivity index (χ1n) is 7.54. The Morgan fingerprint density at radius 3 is 2.95 bits per heavy atom. The van der Waals surface area contributed by atoms with Crippen LogP contribution in [0.2, 0.25) is 0 Å². The summed E-state index contributed by atoms with van der Waals surface area (Å²) in [5.41, 5.74) is 0.881. The molecule has 2 rings (SSSR count). The van der Waals surface area contributed by atoms with E-state index in [-0.39, 0.29) is 5.91 Å². The summed E-state index contributed by atoms with van der Waals surface area (Å²) >= 11 is 0. The van der Waals surface area contributed by atoms with Crippen LogP contribution in [0.3, 0.4) is 0 Å². The Morgan fingerprint density at radius 1 is 1.24 bits per heavy atom. The van der Waals surface area contributed by atoms with Crippen LogP contribution < -0.4 is 10.1 Å². The molecule has 0 saturated carbocycles. The average Bonchev–Trinajstić information content (AvgIpc) is 2.52. The average molecular weight is 286 g/mol. The van der Waals surface area contributed by atoms with Crippen LogP contribution >= 0.6 is 0 Å². The second-order valence-corrected chi connectivity index (χ2v) is 4.99. The number of pyridine rings is 1. The molecule has 1 aromatic carbocycles. The van der Waals surface area contributed by atoms with Gasteiger partial charge < -0.3 is 10.1 Å². The number of carbonyl (C=O) groups is 1. The molecular weight excluding hydrogens is 264 g/mol. The van der Waals surface area contributed by atoms with Gasteiger partial charge in [-0.05, 0) is 25.0 Å². The molecule has 0 spiro atoms. The first kappa shape index (κ1) is 15.3. The van der Waals surface area contributed by atoms with E-state index in [9.17, 15) is 4.79 Å². The highest BCUT2D eigenvalue weighted by molar-refractivity contribution is 5.84. The summed E-state index contributed by atoms with van der Waals surface area (Å²) in [4.78, 5) is 15.8. The van der Waals surface area contributed by atoms with E-state index < -0.39 is 0 Å². The molecule has 1 amide bonds. The van der Waals surface area contributed by atoms with E-state index in [1.807, 2.05) is 30.3 Å². The van der Waals surface area contributed by atoms with Gasteiger partial charge in [-0.15, -0.1) is 0 Å². The van der Waals surface area contributed by atoms with Crippen molar-refractivity contribution in [1.82, 2.24) is 10.3 Å². The number of aromatic nitrogens is 1. The van der Waals surface area contributed by atoms with Crippen molar-refractivity contribution < 1.29 is 9.53 Å². The minimum atomic E-state index is 0.128. The topological polar surface area (TPSA) is 51.2 Å². The Kier molecular flexibility index (Phi) is 6.00. The molecule has 0 saturated heterocycles. The predicted octanol–water partition coefficient (Wildman–Crippen LogP) is 3.31. The van der Waals surface area contributed by atoms with Crippen LogP contribution in [0.1, 0.15) is 32.6 Å². The molecule has 1 heterocycles. The predicted molar refractivity (Wildman–Crippen MR) is 84.4 cm³/mol. The third-order valence-corrected chi connectivity index (χ3v) is 3.25. The van der Waals surface area contributed by atoms with Gasteiger partial charge in [0, 0.05) is 24.5 Å². The molecule has 0 radical (unpaired) electrons. The maximum atomic E-state index is 11.4. The number of hydrogen-bond acceptors (Lipinski definition) is 3. The highest BCUT2D eigenvalue weighted by Gasteiger charge is 2.03. The number of benzene rings is 1. The fourth-order valence-corrected chi connectivity index (χ4v) is 2.10. The molecule has 0 fully saturated rings. The molecule has 4 nitrogen and oxygen atoms in total. The molecule has 0 aliphatic carbocycles. The second-order valence-electron chi connectivity index (χ2n) is 4.99. The molecule has 0 atom stereocenters. The maximum absolute atomic E-state index is 11.4. The minimum absolute atomic E-state index is 0.128. The number of nitrogens with zero attached hydrogens (tertiary/aromatic N) is 1. The minimum Gasteiger partial charge on any atom is -0.491 e. The molecule has 4 heteroatoms. The quantitative estimate of drug-likeness (QED) is 0.757. The van der Waals surface area contributed by atoms with E-state index in [1.165, 1.54) is 0 Å². The third-order valence-electron chi connectivity index (χ3n) is 3.25. The highest BCUT2D eigenvalue weighted by atomic mass is 16.5. The monoisotopic (exact) mass is 286 g/mol. The Morgan fingerprint density at radius 2 is 2.10 bits per heavy atom. The summed E-state index contributed by atoms with van der Waals surface area (Å²) in [7, 11) is 0. The molecule has 112 valence electrons. The molecule has 0 unspecified atom stereocenters. The Labute approximate surface area is 125 Å². The van der Waals surface area contributed by atoms with Crippen molar-refractivity contribution in [2.45, 2.75) is 32.6 Å². The Bertz CT molecular complexity index is 579. The fraction of sp³-hybridized carbons (Fsp3) is 0.412. The SMILES string of the molecule is CCCCC(=O)NCCCOc1cccc2cccnc12. The molecule has 2 aromatic rings. The van der Waals surface area contributed by atoms with Crippen LogP contribution in [0, 0.1) is 0 Å². The van der Waals surface area contributed by atoms with Crippen LogP contribution in [-0.4, -0.2) is 24.0 Å². The van der Waals surface area contributed by atoms with Crippen LogP contribution in [0.15, 0.2) is 36.5 Å². The molecule has 0 aliphatic rings. The van der Waals surface area contributed by atoms with Crippen LogP contribution in [-0.2, 0) is 4.79 Å². The first-order valence-corrected chi connectivity index (χ1v) is 7.54. The number of para-hydroxylation sites is 1. The Balaban J connectivity index is 1.74. The molecular formula is C17H22N2O2. The van der Waals surface area contributed by atoms with Crippen molar-refractivity contribution in [3.8, 4) is 5.75 Å². The van der Waals surface area contributed by atoms with Gasteiger partial charge in [-0.3, -0.25) is 9.78 Å². The van der Waals surface area contributed by atoms with Crippen molar-refractivity contribution >= 4 is 16.8 Å². The van der Waals surface area contributed by atoms with Crippen molar-refractivity contribution in [3.05, 3.63) is 36.5 Å². The van der Waals surface area contributed by atoms with Gasteiger partial charge in [0.2, 0.25) is 5.91 Å². The van der Waals surface area contributed by atoms with Gasteiger partial charge in [0.1, 0.15) is 11.3 Å². The number of carbonyl (C=O) groups excluding carboxylic acids is 1. The van der Waals surface area contributed by atoms with Gasteiger partial charge in [0.15, 0.2) is 0 Å². The second kappa shape index (κ2) is 8.25. The largest absolute Gasteiger partial charge is 0.491 e.